The van der Waals surface area contributed by atoms with Gasteiger partial charge in [-0.15, -0.1) is 0 Å². The maximum atomic E-state index is 11.3. The Kier molecular flexibility index (Phi) is 4.73. The highest BCUT2D eigenvalue weighted by atomic mass is 16.2. The Hall–Kier alpha value is -0.770. The van der Waals surface area contributed by atoms with E-state index < -0.39 is 0 Å². The smallest absolute Gasteiger partial charge is 0.315 e. The first-order chi connectivity index (χ1) is 6.72. The zero-order valence-electron chi connectivity index (χ0n) is 9.18. The summed E-state index contributed by atoms with van der Waals surface area (Å²) in [5, 5.41) is 5.82. The number of carbonyl (C=O) groups excluding carboxylic acids is 1. The molecule has 0 aromatic rings. The molecule has 1 aliphatic heterocycles. The van der Waals surface area contributed by atoms with Gasteiger partial charge in [-0.3, -0.25) is 0 Å². The first-order valence-corrected chi connectivity index (χ1v) is 5.45. The first kappa shape index (κ1) is 11.3. The third-order valence-electron chi connectivity index (χ3n) is 2.50. The van der Waals surface area contributed by atoms with Gasteiger partial charge in [-0.1, -0.05) is 6.92 Å². The van der Waals surface area contributed by atoms with Crippen LogP contribution in [-0.4, -0.2) is 43.7 Å². The first-order valence-electron chi connectivity index (χ1n) is 5.45. The number of nitrogens with one attached hydrogen (secondary N) is 2. The Balaban J connectivity index is 2.18. The fourth-order valence-electron chi connectivity index (χ4n) is 1.76. The van der Waals surface area contributed by atoms with Gasteiger partial charge in [-0.05, 0) is 32.9 Å². The van der Waals surface area contributed by atoms with Crippen LogP contribution in [0, 0.1) is 0 Å². The predicted molar refractivity (Wildman–Crippen MR) is 57.3 cm³/mol. The van der Waals surface area contributed by atoms with Crippen molar-refractivity contribution in [2.75, 3.05) is 26.7 Å². The Morgan fingerprint density at radius 2 is 2.36 bits per heavy atom. The van der Waals surface area contributed by atoms with Crippen LogP contribution >= 0.6 is 0 Å². The van der Waals surface area contributed by atoms with Crippen molar-refractivity contribution < 1.29 is 4.79 Å². The second-order valence-electron chi connectivity index (χ2n) is 4.00. The van der Waals surface area contributed by atoms with Gasteiger partial charge in [-0.25, -0.2) is 4.79 Å². The predicted octanol–water partition coefficient (Wildman–Crippen LogP) is 0.790. The molecule has 0 radical (unpaired) electrons. The zero-order valence-corrected chi connectivity index (χ0v) is 9.18. The summed E-state index contributed by atoms with van der Waals surface area (Å²) in [5.41, 5.74) is 0. The minimum absolute atomic E-state index is 0.0212. The molecule has 1 atom stereocenters. The summed E-state index contributed by atoms with van der Waals surface area (Å²) < 4.78 is 0. The van der Waals surface area contributed by atoms with E-state index in [1.54, 1.807) is 0 Å². The number of piperidine rings is 1. The van der Waals surface area contributed by atoms with E-state index in [4.69, 9.17) is 0 Å². The monoisotopic (exact) mass is 199 g/mol. The standard InChI is InChI=1S/C10H21N3O/c1-3-6-11-10(14)12-9-5-4-7-13(2)8-9/h9H,3-8H2,1-2H3,(H2,11,12,14). The number of nitrogens with zero attached hydrogens (tertiary/aromatic N) is 1. The molecule has 1 rings (SSSR count). The summed E-state index contributed by atoms with van der Waals surface area (Å²) in [6.07, 6.45) is 3.26. The molecule has 4 nitrogen and oxygen atoms in total. The van der Waals surface area contributed by atoms with E-state index >= 15 is 0 Å². The molecule has 4 heteroatoms. The van der Waals surface area contributed by atoms with Crippen LogP contribution in [-0.2, 0) is 0 Å². The molecule has 1 fully saturated rings. The summed E-state index contributed by atoms with van der Waals surface area (Å²) >= 11 is 0. The van der Waals surface area contributed by atoms with Crippen LogP contribution < -0.4 is 10.6 Å². The van der Waals surface area contributed by atoms with Gasteiger partial charge in [0.15, 0.2) is 0 Å². The van der Waals surface area contributed by atoms with Gasteiger partial charge in [0.05, 0.1) is 0 Å². The largest absolute Gasteiger partial charge is 0.338 e. The molecule has 2 N–H and O–H groups in total. The van der Waals surface area contributed by atoms with Gasteiger partial charge < -0.3 is 15.5 Å². The average molecular weight is 199 g/mol. The van der Waals surface area contributed by atoms with Crippen molar-refractivity contribution in [3.8, 4) is 0 Å². The molecule has 0 aromatic carbocycles. The average Bonchev–Trinajstić information content (AvgIpc) is 2.15. The van der Waals surface area contributed by atoms with Crippen LogP contribution in [0.2, 0.25) is 0 Å². The molecule has 0 saturated carbocycles. The van der Waals surface area contributed by atoms with Crippen LogP contribution in [0.1, 0.15) is 26.2 Å². The number of likely N-dealkylation sites (tertiary alicyclic amines) is 1. The van der Waals surface area contributed by atoms with E-state index in [2.05, 4.69) is 29.5 Å². The van der Waals surface area contributed by atoms with Crippen molar-refractivity contribution in [1.82, 2.24) is 15.5 Å². The molecule has 14 heavy (non-hydrogen) atoms. The van der Waals surface area contributed by atoms with Crippen LogP contribution in [0.3, 0.4) is 0 Å². The lowest BCUT2D eigenvalue weighted by molar-refractivity contribution is 0.209. The lowest BCUT2D eigenvalue weighted by Crippen LogP contribution is -2.49. The summed E-state index contributed by atoms with van der Waals surface area (Å²) in [6, 6.07) is 0.303. The summed E-state index contributed by atoms with van der Waals surface area (Å²) in [4.78, 5) is 13.6. The molecule has 1 heterocycles. The number of urea groups is 1. The molecule has 0 spiro atoms. The van der Waals surface area contributed by atoms with Crippen molar-refractivity contribution in [3.05, 3.63) is 0 Å². The minimum atomic E-state index is -0.0212. The van der Waals surface area contributed by atoms with Crippen molar-refractivity contribution >= 4 is 6.03 Å². The Morgan fingerprint density at radius 3 is 3.00 bits per heavy atom. The Labute approximate surface area is 86.0 Å². The summed E-state index contributed by atoms with van der Waals surface area (Å²) in [6.45, 7) is 4.93. The van der Waals surface area contributed by atoms with Gasteiger partial charge in [-0.2, -0.15) is 0 Å². The van der Waals surface area contributed by atoms with Crippen molar-refractivity contribution in [2.45, 2.75) is 32.2 Å². The van der Waals surface area contributed by atoms with E-state index in [0.29, 0.717) is 6.04 Å². The van der Waals surface area contributed by atoms with Gasteiger partial charge >= 0.3 is 6.03 Å². The Bertz CT molecular complexity index is 184. The fraction of sp³-hybridized carbons (Fsp3) is 0.900. The lowest BCUT2D eigenvalue weighted by atomic mass is 10.1. The molecule has 1 aliphatic rings. The SMILES string of the molecule is CCCNC(=O)NC1CCCN(C)C1. The summed E-state index contributed by atoms with van der Waals surface area (Å²) in [5.74, 6) is 0. The van der Waals surface area contributed by atoms with Gasteiger partial charge in [0, 0.05) is 19.1 Å². The topological polar surface area (TPSA) is 44.4 Å². The van der Waals surface area contributed by atoms with E-state index in [1.807, 2.05) is 0 Å². The maximum Gasteiger partial charge on any atom is 0.315 e. The molecule has 0 aromatic heterocycles. The van der Waals surface area contributed by atoms with E-state index in [9.17, 15) is 4.79 Å². The number of carbonyl (C=O) groups is 1. The zero-order chi connectivity index (χ0) is 10.4. The van der Waals surface area contributed by atoms with Crippen molar-refractivity contribution in [2.24, 2.45) is 0 Å². The van der Waals surface area contributed by atoms with Crippen LogP contribution in [0.5, 0.6) is 0 Å². The van der Waals surface area contributed by atoms with Gasteiger partial charge in [0.25, 0.3) is 0 Å². The number of hydrogen-bond donors (Lipinski definition) is 2. The maximum absolute atomic E-state index is 11.3. The molecular formula is C10H21N3O. The third kappa shape index (κ3) is 3.96. The molecular weight excluding hydrogens is 178 g/mol. The second-order valence-corrected chi connectivity index (χ2v) is 4.00. The minimum Gasteiger partial charge on any atom is -0.338 e. The molecule has 0 aliphatic carbocycles. The molecule has 1 saturated heterocycles. The molecule has 1 unspecified atom stereocenters. The number of rotatable bonds is 3. The normalized spacial score (nSPS) is 23.1. The van der Waals surface area contributed by atoms with Crippen molar-refractivity contribution in [3.63, 3.8) is 0 Å². The quantitative estimate of drug-likeness (QED) is 0.706. The number of hydrogen-bond acceptors (Lipinski definition) is 2. The molecule has 0 bridgehead atoms. The molecule has 2 amide bonds. The van der Waals surface area contributed by atoms with Gasteiger partial charge in [0.1, 0.15) is 0 Å². The van der Waals surface area contributed by atoms with E-state index in [1.165, 1.54) is 6.42 Å². The van der Waals surface area contributed by atoms with E-state index in [-0.39, 0.29) is 6.03 Å². The highest BCUT2D eigenvalue weighted by molar-refractivity contribution is 5.74. The summed E-state index contributed by atoms with van der Waals surface area (Å²) in [7, 11) is 2.10. The highest BCUT2D eigenvalue weighted by Gasteiger charge is 2.18. The number of amides is 2. The Morgan fingerprint density at radius 1 is 1.57 bits per heavy atom. The highest BCUT2D eigenvalue weighted by Crippen LogP contribution is 2.07. The fourth-order valence-corrected chi connectivity index (χ4v) is 1.76. The van der Waals surface area contributed by atoms with Crippen molar-refractivity contribution in [1.29, 1.82) is 0 Å². The van der Waals surface area contributed by atoms with E-state index in [0.717, 1.165) is 32.5 Å². The van der Waals surface area contributed by atoms with Gasteiger partial charge in [0.2, 0.25) is 0 Å². The third-order valence-corrected chi connectivity index (χ3v) is 2.50. The second kappa shape index (κ2) is 5.86. The number of likely N-dealkylation sites (N-methyl/N-ethyl adjacent to an activating group) is 1. The van der Waals surface area contributed by atoms with Crippen LogP contribution in [0.25, 0.3) is 0 Å². The van der Waals surface area contributed by atoms with Crippen LogP contribution in [0.15, 0.2) is 0 Å². The lowest BCUT2D eigenvalue weighted by Gasteiger charge is -2.30. The molecule has 82 valence electrons. The van der Waals surface area contributed by atoms with Crippen LogP contribution in [0.4, 0.5) is 4.79 Å².